The predicted molar refractivity (Wildman–Crippen MR) is 112 cm³/mol. The quantitative estimate of drug-likeness (QED) is 0.498. The van der Waals surface area contributed by atoms with Crippen LogP contribution in [0.2, 0.25) is 0 Å². The van der Waals surface area contributed by atoms with E-state index in [-0.39, 0.29) is 11.5 Å². The standard InChI is InChI=1S/C24H22O5/c1-2-22(18-4-3-5-21(14-18)29-15-23(27)28)24(16-6-10-19(25)11-7-16)17-8-12-20(26)13-9-17/h3-14,25-26H,2,15H2,1H3,(H,27,28). The van der Waals surface area contributed by atoms with Gasteiger partial charge in [0, 0.05) is 0 Å². The van der Waals surface area contributed by atoms with Gasteiger partial charge in [0.1, 0.15) is 17.2 Å². The van der Waals surface area contributed by atoms with Crippen molar-refractivity contribution in [2.75, 3.05) is 6.61 Å². The Morgan fingerprint density at radius 2 is 1.38 bits per heavy atom. The van der Waals surface area contributed by atoms with Crippen LogP contribution in [0.5, 0.6) is 17.2 Å². The second kappa shape index (κ2) is 8.97. The van der Waals surface area contributed by atoms with Crippen molar-refractivity contribution in [3.05, 3.63) is 89.5 Å². The molecule has 0 radical (unpaired) electrons. The molecule has 148 valence electrons. The summed E-state index contributed by atoms with van der Waals surface area (Å²) in [6, 6.07) is 21.2. The Kier molecular flexibility index (Phi) is 6.19. The molecule has 0 aliphatic carbocycles. The van der Waals surface area contributed by atoms with Gasteiger partial charge in [-0.25, -0.2) is 4.79 Å². The monoisotopic (exact) mass is 390 g/mol. The molecule has 0 fully saturated rings. The number of rotatable bonds is 7. The number of carbonyl (C=O) groups is 1. The van der Waals surface area contributed by atoms with Gasteiger partial charge in [-0.05, 0) is 70.7 Å². The van der Waals surface area contributed by atoms with E-state index in [0.29, 0.717) is 12.2 Å². The van der Waals surface area contributed by atoms with Crippen LogP contribution < -0.4 is 4.74 Å². The number of aromatic hydroxyl groups is 2. The number of aliphatic carboxylic acids is 1. The third-order valence-corrected chi connectivity index (χ3v) is 4.51. The van der Waals surface area contributed by atoms with Crippen molar-refractivity contribution in [3.8, 4) is 17.2 Å². The van der Waals surface area contributed by atoms with Gasteiger partial charge in [-0.15, -0.1) is 0 Å². The third-order valence-electron chi connectivity index (χ3n) is 4.51. The first-order valence-corrected chi connectivity index (χ1v) is 9.25. The van der Waals surface area contributed by atoms with Crippen LogP contribution in [0.25, 0.3) is 11.1 Å². The number of phenolic OH excluding ortho intramolecular Hbond substituents is 2. The number of hydrogen-bond acceptors (Lipinski definition) is 4. The van der Waals surface area contributed by atoms with E-state index in [1.165, 1.54) is 0 Å². The molecule has 3 rings (SSSR count). The van der Waals surface area contributed by atoms with Gasteiger partial charge in [0.25, 0.3) is 0 Å². The van der Waals surface area contributed by atoms with Crippen LogP contribution in [0.4, 0.5) is 0 Å². The van der Waals surface area contributed by atoms with Crippen molar-refractivity contribution in [2.45, 2.75) is 13.3 Å². The van der Waals surface area contributed by atoms with Crippen molar-refractivity contribution in [1.29, 1.82) is 0 Å². The molecule has 3 aromatic carbocycles. The molecule has 0 saturated heterocycles. The van der Waals surface area contributed by atoms with E-state index in [0.717, 1.165) is 27.8 Å². The highest BCUT2D eigenvalue weighted by Crippen LogP contribution is 2.36. The minimum absolute atomic E-state index is 0.181. The smallest absolute Gasteiger partial charge is 0.341 e. The molecule has 0 aliphatic heterocycles. The number of phenols is 2. The zero-order valence-electron chi connectivity index (χ0n) is 16.0. The van der Waals surface area contributed by atoms with Crippen LogP contribution in [0, 0.1) is 0 Å². The fourth-order valence-corrected chi connectivity index (χ4v) is 3.22. The lowest BCUT2D eigenvalue weighted by Crippen LogP contribution is -2.09. The van der Waals surface area contributed by atoms with Crippen LogP contribution in [0.15, 0.2) is 72.8 Å². The maximum atomic E-state index is 10.8. The SMILES string of the molecule is CCC(=C(c1ccc(O)cc1)c1ccc(O)cc1)c1cccc(OCC(=O)O)c1. The molecule has 0 heterocycles. The van der Waals surface area contributed by atoms with E-state index in [1.807, 2.05) is 49.4 Å². The molecule has 0 amide bonds. The lowest BCUT2D eigenvalue weighted by atomic mass is 9.88. The molecule has 0 spiro atoms. The molecule has 3 N–H and O–H groups in total. The molecule has 5 nitrogen and oxygen atoms in total. The Morgan fingerprint density at radius 1 is 0.828 bits per heavy atom. The largest absolute Gasteiger partial charge is 0.508 e. The summed E-state index contributed by atoms with van der Waals surface area (Å²) in [4.78, 5) is 10.8. The molecule has 3 aromatic rings. The van der Waals surface area contributed by atoms with Crippen molar-refractivity contribution in [2.24, 2.45) is 0 Å². The summed E-state index contributed by atoms with van der Waals surface area (Å²) in [5.74, 6) is -0.191. The van der Waals surface area contributed by atoms with E-state index >= 15 is 0 Å². The molecular formula is C24H22O5. The van der Waals surface area contributed by atoms with Gasteiger partial charge in [-0.2, -0.15) is 0 Å². The van der Waals surface area contributed by atoms with Crippen molar-refractivity contribution >= 4 is 17.1 Å². The van der Waals surface area contributed by atoms with Crippen LogP contribution in [0.3, 0.4) is 0 Å². The Balaban J connectivity index is 2.16. The molecule has 0 atom stereocenters. The maximum Gasteiger partial charge on any atom is 0.341 e. The van der Waals surface area contributed by atoms with Crippen LogP contribution in [0.1, 0.15) is 30.0 Å². The summed E-state index contributed by atoms with van der Waals surface area (Å²) in [6.07, 6.45) is 0.708. The van der Waals surface area contributed by atoms with Gasteiger partial charge in [-0.3, -0.25) is 0 Å². The van der Waals surface area contributed by atoms with Gasteiger partial charge >= 0.3 is 5.97 Å². The lowest BCUT2D eigenvalue weighted by molar-refractivity contribution is -0.139. The summed E-state index contributed by atoms with van der Waals surface area (Å²) in [6.45, 7) is 1.64. The molecule has 0 unspecified atom stereocenters. The summed E-state index contributed by atoms with van der Waals surface area (Å²) >= 11 is 0. The van der Waals surface area contributed by atoms with Crippen LogP contribution >= 0.6 is 0 Å². The van der Waals surface area contributed by atoms with Gasteiger partial charge < -0.3 is 20.1 Å². The summed E-state index contributed by atoms with van der Waals surface area (Å²) < 4.78 is 5.34. The Morgan fingerprint density at radius 3 is 1.86 bits per heavy atom. The topological polar surface area (TPSA) is 87.0 Å². The zero-order valence-corrected chi connectivity index (χ0v) is 16.0. The average molecular weight is 390 g/mol. The molecule has 0 saturated carbocycles. The minimum Gasteiger partial charge on any atom is -0.508 e. The second-order valence-corrected chi connectivity index (χ2v) is 6.51. The average Bonchev–Trinajstić information content (AvgIpc) is 2.72. The second-order valence-electron chi connectivity index (χ2n) is 6.51. The van der Waals surface area contributed by atoms with Crippen LogP contribution in [-0.2, 0) is 4.79 Å². The number of carboxylic acid groups (broad SMARTS) is 1. The van der Waals surface area contributed by atoms with Crippen molar-refractivity contribution in [1.82, 2.24) is 0 Å². The van der Waals surface area contributed by atoms with Crippen LogP contribution in [-0.4, -0.2) is 27.9 Å². The highest BCUT2D eigenvalue weighted by molar-refractivity contribution is 5.98. The first-order chi connectivity index (χ1) is 14.0. The van der Waals surface area contributed by atoms with Gasteiger partial charge in [0.2, 0.25) is 0 Å². The van der Waals surface area contributed by atoms with Gasteiger partial charge in [0.05, 0.1) is 0 Å². The first kappa shape index (κ1) is 20.0. The predicted octanol–water partition coefficient (Wildman–Crippen LogP) is 4.93. The summed E-state index contributed by atoms with van der Waals surface area (Å²) in [5.41, 5.74) is 4.74. The lowest BCUT2D eigenvalue weighted by Gasteiger charge is -2.17. The van der Waals surface area contributed by atoms with E-state index in [4.69, 9.17) is 9.84 Å². The van der Waals surface area contributed by atoms with E-state index in [1.54, 1.807) is 30.3 Å². The highest BCUT2D eigenvalue weighted by Gasteiger charge is 2.14. The fraction of sp³-hybridized carbons (Fsp3) is 0.125. The molecule has 0 bridgehead atoms. The van der Waals surface area contributed by atoms with Gasteiger partial charge in [0.15, 0.2) is 6.61 Å². The van der Waals surface area contributed by atoms with Crippen molar-refractivity contribution < 1.29 is 24.9 Å². The fourth-order valence-electron chi connectivity index (χ4n) is 3.22. The van der Waals surface area contributed by atoms with Gasteiger partial charge in [-0.1, -0.05) is 43.3 Å². The number of carboxylic acids is 1. The first-order valence-electron chi connectivity index (χ1n) is 9.25. The molecule has 5 heteroatoms. The number of benzene rings is 3. The van der Waals surface area contributed by atoms with Crippen molar-refractivity contribution in [3.63, 3.8) is 0 Å². The molecule has 0 aliphatic rings. The number of ether oxygens (including phenoxy) is 1. The summed E-state index contributed by atoms with van der Waals surface area (Å²) in [7, 11) is 0. The third kappa shape index (κ3) is 4.96. The molecule has 0 aromatic heterocycles. The summed E-state index contributed by atoms with van der Waals surface area (Å²) in [5, 5.41) is 28.2. The normalized spacial score (nSPS) is 10.4. The maximum absolute atomic E-state index is 10.8. The minimum atomic E-state index is -1.03. The highest BCUT2D eigenvalue weighted by atomic mass is 16.5. The van der Waals surface area contributed by atoms with E-state index in [2.05, 4.69) is 0 Å². The molecule has 29 heavy (non-hydrogen) atoms. The van der Waals surface area contributed by atoms with E-state index < -0.39 is 12.6 Å². The van der Waals surface area contributed by atoms with E-state index in [9.17, 15) is 15.0 Å². The molecular weight excluding hydrogens is 368 g/mol. The number of allylic oxidation sites excluding steroid dienone is 1. The zero-order chi connectivity index (χ0) is 20.8. The Hall–Kier alpha value is -3.73. The Bertz CT molecular complexity index is 970. The number of hydrogen-bond donors (Lipinski definition) is 3. The Labute approximate surface area is 169 Å².